The number of carbonyl (C=O) groups excluding carboxylic acids is 1. The molecule has 1 amide bonds. The van der Waals surface area contributed by atoms with Crippen LogP contribution in [0.5, 0.6) is 11.5 Å². The summed E-state index contributed by atoms with van der Waals surface area (Å²) in [5.74, 6) is 0.784. The molecule has 2 heterocycles. The molecule has 0 aliphatic carbocycles. The van der Waals surface area contributed by atoms with Gasteiger partial charge in [-0.2, -0.15) is 5.26 Å². The molecule has 0 aromatic heterocycles. The highest BCUT2D eigenvalue weighted by Crippen LogP contribution is 2.42. The van der Waals surface area contributed by atoms with Gasteiger partial charge in [-0.1, -0.05) is 11.6 Å². The number of hydrazine groups is 1. The number of carbonyl (C=O) groups is 1. The molecule has 2 aromatic rings. The first-order valence-corrected chi connectivity index (χ1v) is 14.2. The Balaban J connectivity index is 1.52. The third-order valence-electron chi connectivity index (χ3n) is 7.06. The molecule has 3 unspecified atom stereocenters. The number of nitrogens with zero attached hydrogens (tertiary/aromatic N) is 3. The van der Waals surface area contributed by atoms with Gasteiger partial charge in [0.05, 0.1) is 41.4 Å². The van der Waals surface area contributed by atoms with Crippen molar-refractivity contribution >= 4 is 34.6 Å². The average molecular weight is 570 g/mol. The summed E-state index contributed by atoms with van der Waals surface area (Å²) in [6, 6.07) is 11.7. The molecule has 3 atom stereocenters. The van der Waals surface area contributed by atoms with Crippen LogP contribution in [0.2, 0.25) is 5.02 Å². The van der Waals surface area contributed by atoms with E-state index in [-0.39, 0.29) is 23.9 Å². The normalized spacial score (nSPS) is 20.4. The summed E-state index contributed by atoms with van der Waals surface area (Å²) in [6.07, 6.45) is 2.18. The lowest BCUT2D eigenvalue weighted by Crippen LogP contribution is -2.35. The SMILES string of the molecule is CCOc1cc2c(cc1NC(=O)CCCN(C)C)C(Nc1ccc(OCC3CCN(C)N3)c(Cl)c1)C(C#N)CN2. The van der Waals surface area contributed by atoms with Crippen LogP contribution in [0.3, 0.4) is 0 Å². The third-order valence-corrected chi connectivity index (χ3v) is 7.36. The summed E-state index contributed by atoms with van der Waals surface area (Å²) in [5, 5.41) is 22.4. The van der Waals surface area contributed by atoms with Crippen LogP contribution in [0.25, 0.3) is 0 Å². The summed E-state index contributed by atoms with van der Waals surface area (Å²) in [6.45, 7) is 5.19. The Hall–Kier alpha value is -3.23. The molecule has 1 saturated heterocycles. The fourth-order valence-corrected chi connectivity index (χ4v) is 5.22. The summed E-state index contributed by atoms with van der Waals surface area (Å²) >= 11 is 6.59. The van der Waals surface area contributed by atoms with Gasteiger partial charge in [0.25, 0.3) is 0 Å². The minimum Gasteiger partial charge on any atom is -0.492 e. The first-order valence-electron chi connectivity index (χ1n) is 13.8. The van der Waals surface area contributed by atoms with E-state index in [1.165, 1.54) is 0 Å². The lowest BCUT2D eigenvalue weighted by atomic mass is 9.88. The smallest absolute Gasteiger partial charge is 0.224 e. The highest BCUT2D eigenvalue weighted by molar-refractivity contribution is 6.32. The Morgan fingerprint density at radius 1 is 1.25 bits per heavy atom. The number of hydrogen-bond donors (Lipinski definition) is 4. The van der Waals surface area contributed by atoms with E-state index in [2.05, 4.69) is 37.4 Å². The fourth-order valence-electron chi connectivity index (χ4n) is 4.99. The van der Waals surface area contributed by atoms with Gasteiger partial charge >= 0.3 is 0 Å². The second-order valence-electron chi connectivity index (χ2n) is 10.6. The number of ether oxygens (including phenoxy) is 2. The highest BCUT2D eigenvalue weighted by Gasteiger charge is 2.31. The van der Waals surface area contributed by atoms with Gasteiger partial charge in [-0.3, -0.25) is 4.79 Å². The van der Waals surface area contributed by atoms with Gasteiger partial charge in [-0.15, -0.1) is 0 Å². The Labute approximate surface area is 241 Å². The third kappa shape index (κ3) is 7.70. The Bertz CT molecular complexity index is 1220. The van der Waals surface area contributed by atoms with Gasteiger partial charge in [0, 0.05) is 49.6 Å². The summed E-state index contributed by atoms with van der Waals surface area (Å²) in [4.78, 5) is 14.8. The quantitative estimate of drug-likeness (QED) is 0.296. The van der Waals surface area contributed by atoms with Crippen molar-refractivity contribution in [3.63, 3.8) is 0 Å². The maximum absolute atomic E-state index is 12.7. The van der Waals surface area contributed by atoms with E-state index in [1.54, 1.807) is 0 Å². The van der Waals surface area contributed by atoms with Crippen LogP contribution in [0, 0.1) is 17.2 Å². The van der Waals surface area contributed by atoms with E-state index in [4.69, 9.17) is 21.1 Å². The lowest BCUT2D eigenvalue weighted by molar-refractivity contribution is -0.116. The van der Waals surface area contributed by atoms with Crippen molar-refractivity contribution < 1.29 is 14.3 Å². The molecular formula is C29H40ClN7O3. The van der Waals surface area contributed by atoms with Crippen molar-refractivity contribution in [2.24, 2.45) is 5.92 Å². The molecule has 11 heteroatoms. The molecule has 0 spiro atoms. The van der Waals surface area contributed by atoms with Crippen molar-refractivity contribution in [3.8, 4) is 17.6 Å². The molecule has 10 nitrogen and oxygen atoms in total. The molecule has 4 N–H and O–H groups in total. The van der Waals surface area contributed by atoms with Gasteiger partial charge in [-0.25, -0.2) is 10.4 Å². The summed E-state index contributed by atoms with van der Waals surface area (Å²) < 4.78 is 11.8. The molecule has 0 saturated carbocycles. The fraction of sp³-hybridized carbons (Fsp3) is 0.517. The van der Waals surface area contributed by atoms with Crippen molar-refractivity contribution in [2.75, 3.05) is 69.9 Å². The minimum atomic E-state index is -0.353. The predicted octanol–water partition coefficient (Wildman–Crippen LogP) is 4.32. The predicted molar refractivity (Wildman–Crippen MR) is 159 cm³/mol. The molecule has 4 rings (SSSR count). The van der Waals surface area contributed by atoms with E-state index in [0.717, 1.165) is 42.9 Å². The molecule has 0 radical (unpaired) electrons. The van der Waals surface area contributed by atoms with E-state index in [0.29, 0.717) is 48.4 Å². The molecule has 2 aromatic carbocycles. The van der Waals surface area contributed by atoms with Crippen LogP contribution in [0.15, 0.2) is 30.3 Å². The minimum absolute atomic E-state index is 0.0744. The van der Waals surface area contributed by atoms with E-state index in [9.17, 15) is 10.1 Å². The average Bonchev–Trinajstić information content (AvgIpc) is 3.33. The first-order chi connectivity index (χ1) is 19.3. The van der Waals surface area contributed by atoms with Crippen molar-refractivity contribution in [1.29, 1.82) is 5.26 Å². The lowest BCUT2D eigenvalue weighted by Gasteiger charge is -2.33. The van der Waals surface area contributed by atoms with Crippen LogP contribution in [0.4, 0.5) is 17.1 Å². The number of hydrogen-bond acceptors (Lipinski definition) is 9. The number of benzene rings is 2. The molecule has 216 valence electrons. The van der Waals surface area contributed by atoms with Crippen LogP contribution >= 0.6 is 11.6 Å². The number of anilines is 3. The van der Waals surface area contributed by atoms with Crippen LogP contribution in [0.1, 0.15) is 37.8 Å². The maximum atomic E-state index is 12.7. The number of rotatable bonds is 12. The van der Waals surface area contributed by atoms with Gasteiger partial charge in [0.15, 0.2) is 0 Å². The molecule has 40 heavy (non-hydrogen) atoms. The number of nitrogens with one attached hydrogen (secondary N) is 4. The Kier molecular flexibility index (Phi) is 10.3. The second-order valence-corrected chi connectivity index (χ2v) is 11.0. The largest absolute Gasteiger partial charge is 0.492 e. The van der Waals surface area contributed by atoms with Crippen molar-refractivity contribution in [2.45, 2.75) is 38.3 Å². The maximum Gasteiger partial charge on any atom is 0.224 e. The van der Waals surface area contributed by atoms with Gasteiger partial charge in [-0.05, 0) is 64.7 Å². The van der Waals surface area contributed by atoms with Crippen LogP contribution < -0.4 is 30.8 Å². The number of halogens is 1. The molecule has 0 bridgehead atoms. The Morgan fingerprint density at radius 2 is 2.08 bits per heavy atom. The monoisotopic (exact) mass is 569 g/mol. The molecule has 2 aliphatic rings. The van der Waals surface area contributed by atoms with Crippen LogP contribution in [-0.2, 0) is 4.79 Å². The summed E-state index contributed by atoms with van der Waals surface area (Å²) in [5.41, 5.74) is 6.45. The first kappa shape index (κ1) is 29.7. The standard InChI is InChI=1S/C29H40ClN7O3/c1-5-39-27-15-24-22(14-25(27)34-28(38)7-6-11-36(2)3)29(19(16-31)17-32-24)33-20-8-9-26(23(30)13-20)40-18-21-10-12-37(4)35-21/h8-9,13-15,19,21,29,32-33,35H,5-7,10-12,17-18H2,1-4H3,(H,34,38). The second kappa shape index (κ2) is 13.9. The number of amides is 1. The van der Waals surface area contributed by atoms with E-state index < -0.39 is 0 Å². The summed E-state index contributed by atoms with van der Waals surface area (Å²) in [7, 11) is 5.99. The van der Waals surface area contributed by atoms with Gasteiger partial charge in [0.1, 0.15) is 18.1 Å². The Morgan fingerprint density at radius 3 is 2.75 bits per heavy atom. The number of nitriles is 1. The van der Waals surface area contributed by atoms with Crippen LogP contribution in [-0.4, -0.2) is 75.8 Å². The number of fused-ring (bicyclic) bond motifs is 1. The van der Waals surface area contributed by atoms with Crippen molar-refractivity contribution in [3.05, 3.63) is 40.9 Å². The van der Waals surface area contributed by atoms with E-state index in [1.807, 2.05) is 58.4 Å². The zero-order valence-corrected chi connectivity index (χ0v) is 24.5. The van der Waals surface area contributed by atoms with Crippen molar-refractivity contribution in [1.82, 2.24) is 15.3 Å². The van der Waals surface area contributed by atoms with Gasteiger partial charge < -0.3 is 30.3 Å². The molecule has 1 fully saturated rings. The zero-order chi connectivity index (χ0) is 28.6. The molecular weight excluding hydrogens is 530 g/mol. The topological polar surface area (TPSA) is 114 Å². The van der Waals surface area contributed by atoms with Gasteiger partial charge in [0.2, 0.25) is 5.91 Å². The highest BCUT2D eigenvalue weighted by atomic mass is 35.5. The van der Waals surface area contributed by atoms with E-state index >= 15 is 0 Å². The molecule has 2 aliphatic heterocycles. The zero-order valence-electron chi connectivity index (χ0n) is 23.7.